The number of hydrogen-bond acceptors (Lipinski definition) is 8. The highest BCUT2D eigenvalue weighted by atomic mass is 79.9. The normalized spacial score (nSPS) is 20.9. The average molecular weight is 568 g/mol. The first-order valence-electron chi connectivity index (χ1n) is 11.5. The molecule has 11 heteroatoms. The van der Waals surface area contributed by atoms with Crippen molar-refractivity contribution in [1.82, 2.24) is 0 Å². The van der Waals surface area contributed by atoms with Gasteiger partial charge in [0.1, 0.15) is 5.92 Å². The van der Waals surface area contributed by atoms with E-state index in [1.54, 1.807) is 30.3 Å². The first kappa shape index (κ1) is 24.7. The van der Waals surface area contributed by atoms with Crippen molar-refractivity contribution in [2.75, 3.05) is 17.1 Å². The van der Waals surface area contributed by atoms with Gasteiger partial charge in [0.05, 0.1) is 33.9 Å². The van der Waals surface area contributed by atoms with Crippen molar-refractivity contribution < 1.29 is 29.2 Å². The number of hydroxylamine groups is 1. The highest BCUT2D eigenvalue weighted by Crippen LogP contribution is 2.50. The summed E-state index contributed by atoms with van der Waals surface area (Å²) in [5.74, 6) is -1.92. The number of nitro groups is 1. The second kappa shape index (κ2) is 9.49. The molecule has 3 aromatic carbocycles. The quantitative estimate of drug-likeness (QED) is 0.258. The maximum Gasteiger partial charge on any atom is 0.271 e. The Kier molecular flexibility index (Phi) is 6.34. The molecular formula is C26H22BrN3O7. The molecule has 190 valence electrons. The number of carbonyl (C=O) groups is 2. The number of hydrogen-bond donors (Lipinski definition) is 1. The molecule has 10 nitrogen and oxygen atoms in total. The minimum Gasteiger partial charge on any atom is -0.503 e. The number of benzene rings is 3. The van der Waals surface area contributed by atoms with Crippen LogP contribution in [0.1, 0.15) is 24.1 Å². The van der Waals surface area contributed by atoms with Crippen LogP contribution in [0.15, 0.2) is 65.1 Å². The van der Waals surface area contributed by atoms with Gasteiger partial charge in [-0.1, -0.05) is 25.1 Å². The topological polar surface area (TPSA) is 122 Å². The molecule has 2 amide bonds. The lowest BCUT2D eigenvalue weighted by Gasteiger charge is -2.29. The zero-order valence-electron chi connectivity index (χ0n) is 19.8. The molecule has 0 spiro atoms. The Morgan fingerprint density at radius 3 is 2.46 bits per heavy atom. The van der Waals surface area contributed by atoms with Crippen LogP contribution in [0.4, 0.5) is 17.1 Å². The van der Waals surface area contributed by atoms with Crippen LogP contribution in [0.5, 0.6) is 11.5 Å². The number of amides is 2. The third kappa shape index (κ3) is 4.09. The number of halogens is 1. The molecule has 0 bridgehead atoms. The summed E-state index contributed by atoms with van der Waals surface area (Å²) in [4.78, 5) is 45.4. The van der Waals surface area contributed by atoms with Crippen LogP contribution in [0.2, 0.25) is 0 Å². The Morgan fingerprint density at radius 2 is 1.81 bits per heavy atom. The molecule has 2 aliphatic heterocycles. The number of phenols is 1. The monoisotopic (exact) mass is 567 g/mol. The van der Waals surface area contributed by atoms with Gasteiger partial charge in [-0.05, 0) is 63.8 Å². The van der Waals surface area contributed by atoms with E-state index in [1.807, 2.05) is 19.1 Å². The third-order valence-corrected chi connectivity index (χ3v) is 7.23. The zero-order chi connectivity index (χ0) is 26.4. The molecule has 2 aliphatic rings. The number of non-ortho nitro benzene ring substituents is 1. The van der Waals surface area contributed by atoms with E-state index in [0.717, 1.165) is 16.9 Å². The summed E-state index contributed by atoms with van der Waals surface area (Å²) in [5, 5.41) is 23.1. The fourth-order valence-corrected chi connectivity index (χ4v) is 5.24. The van der Waals surface area contributed by atoms with Crippen LogP contribution < -0.4 is 14.7 Å². The Bertz CT molecular complexity index is 1410. The molecule has 37 heavy (non-hydrogen) atoms. The zero-order valence-corrected chi connectivity index (χ0v) is 21.4. The second-order valence-corrected chi connectivity index (χ2v) is 9.54. The third-order valence-electron chi connectivity index (χ3n) is 6.63. The van der Waals surface area contributed by atoms with Crippen molar-refractivity contribution in [2.45, 2.75) is 25.5 Å². The van der Waals surface area contributed by atoms with E-state index in [9.17, 15) is 24.8 Å². The molecular weight excluding hydrogens is 546 g/mol. The van der Waals surface area contributed by atoms with E-state index in [2.05, 4.69) is 15.9 Å². The van der Waals surface area contributed by atoms with Crippen molar-refractivity contribution in [3.05, 3.63) is 86.4 Å². The van der Waals surface area contributed by atoms with E-state index in [0.29, 0.717) is 21.4 Å². The summed E-state index contributed by atoms with van der Waals surface area (Å²) in [5.41, 5.74) is 2.14. The fraction of sp³-hybridized carbons (Fsp3) is 0.231. The van der Waals surface area contributed by atoms with Gasteiger partial charge in [-0.15, -0.1) is 0 Å². The van der Waals surface area contributed by atoms with E-state index in [1.165, 1.54) is 30.4 Å². The van der Waals surface area contributed by atoms with Crippen LogP contribution in [-0.2, 0) is 20.8 Å². The van der Waals surface area contributed by atoms with E-state index in [-0.39, 0.29) is 17.2 Å². The number of carbonyl (C=O) groups excluding carboxylic acids is 2. The number of phenolic OH excluding ortho intramolecular Hbond substituents is 1. The molecule has 0 unspecified atom stereocenters. The number of nitrogens with zero attached hydrogens (tertiary/aromatic N) is 3. The Morgan fingerprint density at radius 1 is 1.08 bits per heavy atom. The van der Waals surface area contributed by atoms with E-state index in [4.69, 9.17) is 9.57 Å². The number of aryl methyl sites for hydroxylation is 1. The lowest BCUT2D eigenvalue weighted by molar-refractivity contribution is -0.384. The highest BCUT2D eigenvalue weighted by molar-refractivity contribution is 9.10. The van der Waals surface area contributed by atoms with Crippen molar-refractivity contribution in [1.29, 1.82) is 0 Å². The van der Waals surface area contributed by atoms with Gasteiger partial charge in [-0.25, -0.2) is 9.96 Å². The minimum absolute atomic E-state index is 0.130. The molecule has 0 saturated carbocycles. The summed E-state index contributed by atoms with van der Waals surface area (Å²) < 4.78 is 5.61. The van der Waals surface area contributed by atoms with Crippen molar-refractivity contribution in [2.24, 2.45) is 5.92 Å². The number of nitro benzene ring substituents is 1. The first-order valence-corrected chi connectivity index (χ1v) is 12.3. The van der Waals surface area contributed by atoms with Gasteiger partial charge < -0.3 is 9.84 Å². The van der Waals surface area contributed by atoms with Crippen LogP contribution in [0.25, 0.3) is 0 Å². The summed E-state index contributed by atoms with van der Waals surface area (Å²) in [7, 11) is 1.39. The standard InChI is InChI=1S/C26H22BrN3O7/c1-3-14-7-9-16(10-8-14)28-25(32)21-22(15-11-19(27)23(31)20(12-15)36-2)29(37-24(21)26(28)33)17-5-4-6-18(13-17)30(34)35/h4-13,21-22,24,31H,3H2,1-2H3/t21-,22-,24-/m0/s1. The largest absolute Gasteiger partial charge is 0.503 e. The Hall–Kier alpha value is -3.96. The lowest BCUT2D eigenvalue weighted by Crippen LogP contribution is -2.37. The van der Waals surface area contributed by atoms with Crippen molar-refractivity contribution >= 4 is 44.8 Å². The molecule has 2 fully saturated rings. The second-order valence-electron chi connectivity index (χ2n) is 8.68. The van der Waals surface area contributed by atoms with Crippen LogP contribution in [-0.4, -0.2) is 35.1 Å². The summed E-state index contributed by atoms with van der Waals surface area (Å²) in [6.07, 6.45) is -0.338. The molecule has 2 heterocycles. The van der Waals surface area contributed by atoms with Crippen LogP contribution in [0.3, 0.4) is 0 Å². The maximum atomic E-state index is 13.8. The van der Waals surface area contributed by atoms with Gasteiger partial charge in [0, 0.05) is 12.1 Å². The predicted octanol–water partition coefficient (Wildman–Crippen LogP) is 4.69. The van der Waals surface area contributed by atoms with Crippen molar-refractivity contribution in [3.8, 4) is 11.5 Å². The molecule has 0 aliphatic carbocycles. The number of imide groups is 1. The Balaban J connectivity index is 1.62. The average Bonchev–Trinajstić information content (AvgIpc) is 3.41. The number of anilines is 2. The first-order chi connectivity index (χ1) is 17.7. The SMILES string of the molecule is CCc1ccc(N2C(=O)[C@@H]3[C@H](ON(c4cccc([N+](=O)[O-])c4)[C@H]3c3cc(Br)c(O)c(OC)c3)C2=O)cc1. The van der Waals surface area contributed by atoms with E-state index >= 15 is 0 Å². The van der Waals surface area contributed by atoms with Gasteiger partial charge >= 0.3 is 0 Å². The van der Waals surface area contributed by atoms with Gasteiger partial charge in [0.25, 0.3) is 11.6 Å². The van der Waals surface area contributed by atoms with Crippen LogP contribution >= 0.6 is 15.9 Å². The molecule has 1 N–H and O–H groups in total. The lowest BCUT2D eigenvalue weighted by atomic mass is 9.90. The van der Waals surface area contributed by atoms with Gasteiger partial charge in [0.15, 0.2) is 17.6 Å². The maximum absolute atomic E-state index is 13.8. The van der Waals surface area contributed by atoms with Gasteiger partial charge in [-0.2, -0.15) is 0 Å². The number of methoxy groups -OCH3 is 1. The molecule has 3 atom stereocenters. The predicted molar refractivity (Wildman–Crippen MR) is 137 cm³/mol. The smallest absolute Gasteiger partial charge is 0.271 e. The van der Waals surface area contributed by atoms with Gasteiger partial charge in [-0.3, -0.25) is 24.5 Å². The highest BCUT2D eigenvalue weighted by Gasteiger charge is 2.60. The molecule has 3 aromatic rings. The Labute approximate surface area is 220 Å². The minimum atomic E-state index is -1.15. The number of aromatic hydroxyl groups is 1. The number of rotatable bonds is 6. The summed E-state index contributed by atoms with van der Waals surface area (Å²) >= 11 is 3.31. The van der Waals surface area contributed by atoms with Gasteiger partial charge in [0.2, 0.25) is 5.91 Å². The molecule has 5 rings (SSSR count). The fourth-order valence-electron chi connectivity index (χ4n) is 4.78. The van der Waals surface area contributed by atoms with Crippen LogP contribution in [0, 0.1) is 16.0 Å². The summed E-state index contributed by atoms with van der Waals surface area (Å²) in [6.45, 7) is 2.01. The molecule has 0 aromatic heterocycles. The summed E-state index contributed by atoms with van der Waals surface area (Å²) in [6, 6.07) is 15.2. The van der Waals surface area contributed by atoms with E-state index < -0.39 is 34.8 Å². The number of fused-ring (bicyclic) bond motifs is 1. The molecule has 0 radical (unpaired) electrons. The number of ether oxygens (including phenoxy) is 1. The molecule has 2 saturated heterocycles. The van der Waals surface area contributed by atoms with Crippen molar-refractivity contribution in [3.63, 3.8) is 0 Å².